The third-order valence-electron chi connectivity index (χ3n) is 3.34. The molecule has 0 radical (unpaired) electrons. The first-order chi connectivity index (χ1) is 7.60. The quantitative estimate of drug-likeness (QED) is 0.715. The van der Waals surface area contributed by atoms with Gasteiger partial charge in [-0.05, 0) is 20.8 Å². The van der Waals surface area contributed by atoms with E-state index in [0.717, 1.165) is 26.2 Å². The topological polar surface area (TPSA) is 40.6 Å². The van der Waals surface area contributed by atoms with E-state index in [1.165, 1.54) is 0 Å². The lowest BCUT2D eigenvalue weighted by atomic mass is 10.1. The van der Waals surface area contributed by atoms with E-state index in [1.807, 2.05) is 25.7 Å². The van der Waals surface area contributed by atoms with Crippen molar-refractivity contribution < 1.29 is 9.59 Å². The summed E-state index contributed by atoms with van der Waals surface area (Å²) in [5.74, 6) is 0.498. The summed E-state index contributed by atoms with van der Waals surface area (Å²) in [6.45, 7) is 8.90. The molecule has 16 heavy (non-hydrogen) atoms. The van der Waals surface area contributed by atoms with Gasteiger partial charge in [0.2, 0.25) is 5.91 Å². The molecule has 4 nitrogen and oxygen atoms in total. The average Bonchev–Trinajstić information content (AvgIpc) is 2.30. The van der Waals surface area contributed by atoms with Crippen LogP contribution in [0.4, 0.5) is 0 Å². The molecule has 1 fully saturated rings. The van der Waals surface area contributed by atoms with E-state index in [9.17, 15) is 9.59 Å². The smallest absolute Gasteiger partial charge is 0.239 e. The number of ketones is 1. The van der Waals surface area contributed by atoms with E-state index in [4.69, 9.17) is 0 Å². The van der Waals surface area contributed by atoms with E-state index in [1.54, 1.807) is 0 Å². The Kier molecular flexibility index (Phi) is 4.93. The average molecular weight is 226 g/mol. The molecule has 1 amide bonds. The van der Waals surface area contributed by atoms with Gasteiger partial charge in [0.05, 0.1) is 6.04 Å². The van der Waals surface area contributed by atoms with Gasteiger partial charge in [-0.25, -0.2) is 0 Å². The zero-order valence-electron chi connectivity index (χ0n) is 10.5. The number of hydrogen-bond acceptors (Lipinski definition) is 3. The SMILES string of the molecule is CCN(CC)C(=O)C(C)N1CCC(=O)CC1. The minimum atomic E-state index is -0.0898. The molecule has 0 N–H and O–H groups in total. The second-order valence-corrected chi connectivity index (χ2v) is 4.26. The molecule has 0 saturated carbocycles. The Labute approximate surface area is 97.6 Å². The van der Waals surface area contributed by atoms with Crippen LogP contribution in [0.1, 0.15) is 33.6 Å². The van der Waals surface area contributed by atoms with Crippen molar-refractivity contribution in [1.29, 1.82) is 0 Å². The minimum Gasteiger partial charge on any atom is -0.342 e. The van der Waals surface area contributed by atoms with Gasteiger partial charge in [-0.3, -0.25) is 14.5 Å². The maximum Gasteiger partial charge on any atom is 0.239 e. The molecule has 1 atom stereocenters. The highest BCUT2D eigenvalue weighted by molar-refractivity contribution is 5.83. The van der Waals surface area contributed by atoms with Crippen LogP contribution in [-0.2, 0) is 9.59 Å². The molecule has 92 valence electrons. The van der Waals surface area contributed by atoms with Crippen LogP contribution < -0.4 is 0 Å². The standard InChI is InChI=1S/C12H22N2O2/c1-4-13(5-2)12(16)10(3)14-8-6-11(15)7-9-14/h10H,4-9H2,1-3H3. The van der Waals surface area contributed by atoms with Crippen molar-refractivity contribution in [2.24, 2.45) is 0 Å². The van der Waals surface area contributed by atoms with Crippen molar-refractivity contribution in [2.45, 2.75) is 39.7 Å². The summed E-state index contributed by atoms with van der Waals surface area (Å²) in [4.78, 5) is 27.2. The minimum absolute atomic E-state index is 0.0898. The van der Waals surface area contributed by atoms with Crippen LogP contribution in [0, 0.1) is 0 Å². The highest BCUT2D eigenvalue weighted by Gasteiger charge is 2.27. The van der Waals surface area contributed by atoms with Gasteiger partial charge in [0.1, 0.15) is 5.78 Å². The molecular formula is C12H22N2O2. The summed E-state index contributed by atoms with van der Waals surface area (Å²) in [6, 6.07) is -0.0898. The molecule has 1 aliphatic rings. The van der Waals surface area contributed by atoms with Crippen LogP contribution in [-0.4, -0.2) is 53.7 Å². The first-order valence-electron chi connectivity index (χ1n) is 6.14. The summed E-state index contributed by atoms with van der Waals surface area (Å²) >= 11 is 0. The lowest BCUT2D eigenvalue weighted by Gasteiger charge is -2.33. The Hall–Kier alpha value is -0.900. The molecule has 0 aromatic carbocycles. The van der Waals surface area contributed by atoms with E-state index in [2.05, 4.69) is 4.90 Å². The van der Waals surface area contributed by atoms with Crippen LogP contribution in [0.2, 0.25) is 0 Å². The third kappa shape index (κ3) is 3.04. The highest BCUT2D eigenvalue weighted by atomic mass is 16.2. The fourth-order valence-corrected chi connectivity index (χ4v) is 2.12. The first-order valence-corrected chi connectivity index (χ1v) is 6.14. The lowest BCUT2D eigenvalue weighted by Crippen LogP contribution is -2.49. The monoisotopic (exact) mass is 226 g/mol. The summed E-state index contributed by atoms with van der Waals surface area (Å²) < 4.78 is 0. The van der Waals surface area contributed by atoms with Crippen LogP contribution in [0.5, 0.6) is 0 Å². The molecule has 1 heterocycles. The van der Waals surface area contributed by atoms with Crippen LogP contribution in [0.3, 0.4) is 0 Å². The van der Waals surface area contributed by atoms with Crippen molar-refractivity contribution in [3.63, 3.8) is 0 Å². The normalized spacial score (nSPS) is 19.6. The molecule has 1 aliphatic heterocycles. The zero-order chi connectivity index (χ0) is 12.1. The number of rotatable bonds is 4. The van der Waals surface area contributed by atoms with Crippen molar-refractivity contribution in [3.8, 4) is 0 Å². The second kappa shape index (κ2) is 5.99. The van der Waals surface area contributed by atoms with Crippen molar-refractivity contribution in [2.75, 3.05) is 26.2 Å². The lowest BCUT2D eigenvalue weighted by molar-refractivity contribution is -0.137. The number of likely N-dealkylation sites (tertiary alicyclic amines) is 1. The predicted octanol–water partition coefficient (Wildman–Crippen LogP) is 0.908. The second-order valence-electron chi connectivity index (χ2n) is 4.26. The molecule has 0 aliphatic carbocycles. The third-order valence-corrected chi connectivity index (χ3v) is 3.34. The predicted molar refractivity (Wildman–Crippen MR) is 63.2 cm³/mol. The fraction of sp³-hybridized carbons (Fsp3) is 0.833. The van der Waals surface area contributed by atoms with Crippen LogP contribution >= 0.6 is 0 Å². The number of likely N-dealkylation sites (N-methyl/N-ethyl adjacent to an activating group) is 1. The summed E-state index contributed by atoms with van der Waals surface area (Å²) in [6.07, 6.45) is 1.19. The molecule has 0 bridgehead atoms. The Morgan fingerprint density at radius 2 is 1.81 bits per heavy atom. The molecule has 0 aromatic rings. The Bertz CT molecular complexity index is 252. The molecule has 1 rings (SSSR count). The van der Waals surface area contributed by atoms with Gasteiger partial charge >= 0.3 is 0 Å². The van der Waals surface area contributed by atoms with Crippen LogP contribution in [0.15, 0.2) is 0 Å². The highest BCUT2D eigenvalue weighted by Crippen LogP contribution is 2.11. The number of hydrogen-bond donors (Lipinski definition) is 0. The molecule has 4 heteroatoms. The summed E-state index contributed by atoms with van der Waals surface area (Å²) in [5.41, 5.74) is 0. The van der Waals surface area contributed by atoms with E-state index in [0.29, 0.717) is 18.6 Å². The van der Waals surface area contributed by atoms with E-state index in [-0.39, 0.29) is 11.9 Å². The number of carbonyl (C=O) groups is 2. The van der Waals surface area contributed by atoms with Crippen molar-refractivity contribution in [3.05, 3.63) is 0 Å². The maximum atomic E-state index is 12.1. The summed E-state index contributed by atoms with van der Waals surface area (Å²) in [5, 5.41) is 0. The first kappa shape index (κ1) is 13.2. The number of piperidine rings is 1. The maximum absolute atomic E-state index is 12.1. The Morgan fingerprint density at radius 1 is 1.31 bits per heavy atom. The number of nitrogens with zero attached hydrogens (tertiary/aromatic N) is 2. The fourth-order valence-electron chi connectivity index (χ4n) is 2.12. The van der Waals surface area contributed by atoms with Gasteiger partial charge in [-0.1, -0.05) is 0 Å². The van der Waals surface area contributed by atoms with Gasteiger partial charge in [-0.2, -0.15) is 0 Å². The van der Waals surface area contributed by atoms with Crippen molar-refractivity contribution >= 4 is 11.7 Å². The number of Topliss-reactive ketones (excluding diaryl/α,β-unsaturated/α-hetero) is 1. The van der Waals surface area contributed by atoms with Crippen LogP contribution in [0.25, 0.3) is 0 Å². The number of amides is 1. The van der Waals surface area contributed by atoms with Crippen molar-refractivity contribution in [1.82, 2.24) is 9.80 Å². The molecule has 0 aromatic heterocycles. The molecular weight excluding hydrogens is 204 g/mol. The molecule has 0 spiro atoms. The number of carbonyl (C=O) groups excluding carboxylic acids is 2. The van der Waals surface area contributed by atoms with Gasteiger partial charge in [0.25, 0.3) is 0 Å². The van der Waals surface area contributed by atoms with Gasteiger partial charge in [0, 0.05) is 39.0 Å². The van der Waals surface area contributed by atoms with E-state index < -0.39 is 0 Å². The summed E-state index contributed by atoms with van der Waals surface area (Å²) in [7, 11) is 0. The molecule has 1 unspecified atom stereocenters. The van der Waals surface area contributed by atoms with Gasteiger partial charge in [0.15, 0.2) is 0 Å². The van der Waals surface area contributed by atoms with E-state index >= 15 is 0 Å². The van der Waals surface area contributed by atoms with Gasteiger partial charge in [-0.15, -0.1) is 0 Å². The zero-order valence-corrected chi connectivity index (χ0v) is 10.5. The molecule has 1 saturated heterocycles. The Morgan fingerprint density at radius 3 is 2.25 bits per heavy atom. The Balaban J connectivity index is 2.53. The van der Waals surface area contributed by atoms with Gasteiger partial charge < -0.3 is 4.90 Å². The largest absolute Gasteiger partial charge is 0.342 e.